The molecule has 0 saturated carbocycles. The molecule has 4 aromatic rings. The van der Waals surface area contributed by atoms with Crippen LogP contribution < -0.4 is 9.47 Å². The van der Waals surface area contributed by atoms with Crippen molar-refractivity contribution in [1.82, 2.24) is 14.7 Å². The van der Waals surface area contributed by atoms with Crippen molar-refractivity contribution in [2.24, 2.45) is 0 Å². The molecular formula is C39H45N3O6. The topological polar surface area (TPSA) is 99.6 Å². The van der Waals surface area contributed by atoms with E-state index in [0.29, 0.717) is 66.4 Å². The zero-order chi connectivity index (χ0) is 34.5. The predicted octanol–water partition coefficient (Wildman–Crippen LogP) is 6.12. The van der Waals surface area contributed by atoms with Crippen LogP contribution in [-0.2, 0) is 17.8 Å². The first-order valence-electron chi connectivity index (χ1n) is 16.2. The molecule has 1 N–H and O–H groups in total. The number of hydrogen-bond donors (Lipinski definition) is 1. The van der Waals surface area contributed by atoms with Crippen LogP contribution in [0.15, 0.2) is 97.1 Å². The third-order valence-electron chi connectivity index (χ3n) is 8.01. The molecule has 0 unspecified atom stereocenters. The van der Waals surface area contributed by atoms with E-state index < -0.39 is 5.97 Å². The molecule has 9 nitrogen and oxygen atoms in total. The zero-order valence-electron chi connectivity index (χ0n) is 28.2. The maximum Gasteiger partial charge on any atom is 0.305 e. The van der Waals surface area contributed by atoms with Crippen LogP contribution in [0, 0.1) is 0 Å². The SMILES string of the molecule is CCOc1ccc(CCN(CCC(=O)O)C(=O)c2ccccc2-c2ccccc2C(=O)N(CCN(C)C)Cc2ccccc2)cc1OC. The van der Waals surface area contributed by atoms with Gasteiger partial charge in [0.2, 0.25) is 0 Å². The Labute approximate surface area is 283 Å². The molecule has 48 heavy (non-hydrogen) atoms. The van der Waals surface area contributed by atoms with Gasteiger partial charge < -0.3 is 29.3 Å². The van der Waals surface area contributed by atoms with E-state index in [1.54, 1.807) is 30.2 Å². The van der Waals surface area contributed by atoms with Crippen molar-refractivity contribution in [2.75, 3.05) is 54.0 Å². The number of methoxy groups -OCH3 is 1. The molecule has 2 amide bonds. The highest BCUT2D eigenvalue weighted by Gasteiger charge is 2.25. The number of amides is 2. The molecule has 0 fully saturated rings. The summed E-state index contributed by atoms with van der Waals surface area (Å²) in [4.78, 5) is 45.6. The second kappa shape index (κ2) is 17.7. The Morgan fingerprint density at radius 1 is 0.667 bits per heavy atom. The number of rotatable bonds is 17. The predicted molar refractivity (Wildman–Crippen MR) is 188 cm³/mol. The molecule has 0 aliphatic rings. The van der Waals surface area contributed by atoms with Crippen LogP contribution in [0.1, 0.15) is 45.2 Å². The summed E-state index contributed by atoms with van der Waals surface area (Å²) in [5.41, 5.74) is 4.09. The smallest absolute Gasteiger partial charge is 0.305 e. The second-order valence-corrected chi connectivity index (χ2v) is 11.7. The molecule has 0 atom stereocenters. The zero-order valence-corrected chi connectivity index (χ0v) is 28.2. The Morgan fingerprint density at radius 2 is 1.27 bits per heavy atom. The fourth-order valence-electron chi connectivity index (χ4n) is 5.48. The fourth-order valence-corrected chi connectivity index (χ4v) is 5.48. The Balaban J connectivity index is 1.66. The van der Waals surface area contributed by atoms with E-state index in [-0.39, 0.29) is 31.3 Å². The number of carboxylic acids is 1. The number of carbonyl (C=O) groups excluding carboxylic acids is 2. The van der Waals surface area contributed by atoms with Gasteiger partial charge in [0.05, 0.1) is 20.1 Å². The van der Waals surface area contributed by atoms with Crippen molar-refractivity contribution >= 4 is 17.8 Å². The molecule has 0 spiro atoms. The first-order chi connectivity index (χ1) is 23.2. The number of benzene rings is 4. The van der Waals surface area contributed by atoms with Crippen molar-refractivity contribution in [3.8, 4) is 22.6 Å². The lowest BCUT2D eigenvalue weighted by Gasteiger charge is -2.27. The molecule has 0 saturated heterocycles. The first kappa shape index (κ1) is 35.7. The van der Waals surface area contributed by atoms with Crippen LogP contribution in [0.3, 0.4) is 0 Å². The second-order valence-electron chi connectivity index (χ2n) is 11.7. The quantitative estimate of drug-likeness (QED) is 0.147. The number of nitrogens with zero attached hydrogens (tertiary/aromatic N) is 3. The Hall–Kier alpha value is -5.15. The average molecular weight is 652 g/mol. The van der Waals surface area contributed by atoms with Gasteiger partial charge in [0.1, 0.15) is 0 Å². The number of ether oxygens (including phenoxy) is 2. The van der Waals surface area contributed by atoms with Gasteiger partial charge in [0.25, 0.3) is 11.8 Å². The van der Waals surface area contributed by atoms with Crippen LogP contribution in [0.25, 0.3) is 11.1 Å². The lowest BCUT2D eigenvalue weighted by atomic mass is 9.93. The van der Waals surface area contributed by atoms with Gasteiger partial charge >= 0.3 is 5.97 Å². The minimum absolute atomic E-state index is 0.0344. The Kier molecular flexibility index (Phi) is 13.1. The molecule has 0 heterocycles. The van der Waals surface area contributed by atoms with Crippen LogP contribution in [0.4, 0.5) is 0 Å². The van der Waals surface area contributed by atoms with Crippen LogP contribution in [0.5, 0.6) is 11.5 Å². The van der Waals surface area contributed by atoms with Crippen molar-refractivity contribution in [3.05, 3.63) is 119 Å². The average Bonchev–Trinajstić information content (AvgIpc) is 3.10. The van der Waals surface area contributed by atoms with Gasteiger partial charge in [-0.25, -0.2) is 0 Å². The van der Waals surface area contributed by atoms with Crippen molar-refractivity contribution in [1.29, 1.82) is 0 Å². The fraction of sp³-hybridized carbons (Fsp3) is 0.308. The molecule has 252 valence electrons. The highest BCUT2D eigenvalue weighted by Crippen LogP contribution is 2.31. The van der Waals surface area contributed by atoms with Gasteiger partial charge in [-0.05, 0) is 74.0 Å². The highest BCUT2D eigenvalue weighted by molar-refractivity contribution is 6.06. The van der Waals surface area contributed by atoms with Gasteiger partial charge in [-0.15, -0.1) is 0 Å². The lowest BCUT2D eigenvalue weighted by molar-refractivity contribution is -0.137. The van der Waals surface area contributed by atoms with Crippen LogP contribution in [-0.4, -0.2) is 91.6 Å². The van der Waals surface area contributed by atoms with Crippen molar-refractivity contribution in [2.45, 2.75) is 26.3 Å². The first-order valence-corrected chi connectivity index (χ1v) is 16.2. The molecule has 0 aliphatic carbocycles. The van der Waals surface area contributed by atoms with Crippen LogP contribution in [0.2, 0.25) is 0 Å². The van der Waals surface area contributed by atoms with Crippen molar-refractivity contribution < 1.29 is 29.0 Å². The normalized spacial score (nSPS) is 10.9. The molecule has 4 rings (SSSR count). The lowest BCUT2D eigenvalue weighted by Crippen LogP contribution is -2.36. The van der Waals surface area contributed by atoms with Gasteiger partial charge in [0.15, 0.2) is 11.5 Å². The van der Waals surface area contributed by atoms with E-state index in [4.69, 9.17) is 9.47 Å². The molecule has 0 aliphatic heterocycles. The Bertz CT molecular complexity index is 1670. The highest BCUT2D eigenvalue weighted by atomic mass is 16.5. The van der Waals surface area contributed by atoms with Gasteiger partial charge in [-0.1, -0.05) is 72.8 Å². The molecule has 0 bridgehead atoms. The van der Waals surface area contributed by atoms with Crippen LogP contribution >= 0.6 is 0 Å². The summed E-state index contributed by atoms with van der Waals surface area (Å²) in [6.07, 6.45) is 0.279. The minimum atomic E-state index is -0.990. The number of carboxylic acid groups (broad SMARTS) is 1. The summed E-state index contributed by atoms with van der Waals surface area (Å²) in [6.45, 7) is 4.38. The molecule has 4 aromatic carbocycles. The summed E-state index contributed by atoms with van der Waals surface area (Å²) in [5.74, 6) is -0.201. The van der Waals surface area contributed by atoms with E-state index >= 15 is 0 Å². The number of likely N-dealkylation sites (N-methyl/N-ethyl adjacent to an activating group) is 1. The summed E-state index contributed by atoms with van der Waals surface area (Å²) in [7, 11) is 5.53. The number of aliphatic carboxylic acids is 1. The number of hydrogen-bond acceptors (Lipinski definition) is 6. The summed E-state index contributed by atoms with van der Waals surface area (Å²) < 4.78 is 11.1. The van der Waals surface area contributed by atoms with Crippen molar-refractivity contribution in [3.63, 3.8) is 0 Å². The van der Waals surface area contributed by atoms with Gasteiger partial charge in [0, 0.05) is 43.9 Å². The van der Waals surface area contributed by atoms with E-state index in [0.717, 1.165) is 11.1 Å². The summed E-state index contributed by atoms with van der Waals surface area (Å²) in [5, 5.41) is 9.50. The maximum absolute atomic E-state index is 14.3. The van der Waals surface area contributed by atoms with E-state index in [1.807, 2.05) is 110 Å². The van der Waals surface area contributed by atoms with E-state index in [2.05, 4.69) is 0 Å². The van der Waals surface area contributed by atoms with E-state index in [9.17, 15) is 19.5 Å². The maximum atomic E-state index is 14.3. The Morgan fingerprint density at radius 3 is 1.85 bits per heavy atom. The van der Waals surface area contributed by atoms with Gasteiger partial charge in [-0.2, -0.15) is 0 Å². The molecular weight excluding hydrogens is 606 g/mol. The summed E-state index contributed by atoms with van der Waals surface area (Å²) in [6, 6.07) is 30.1. The van der Waals surface area contributed by atoms with Gasteiger partial charge in [-0.3, -0.25) is 14.4 Å². The third-order valence-corrected chi connectivity index (χ3v) is 8.01. The van der Waals surface area contributed by atoms with E-state index in [1.165, 1.54) is 0 Å². The standard InChI is InChI=1S/C39H45N3O6/c1-5-48-35-20-19-29(27-36(35)47-4)21-23-41(24-22-37(43)44)38(45)33-17-11-9-15-31(33)32-16-10-12-18-34(32)39(46)42(26-25-40(2)3)28-30-13-7-6-8-14-30/h6-20,27H,5,21-26,28H2,1-4H3,(H,43,44). The molecule has 0 radical (unpaired) electrons. The summed E-state index contributed by atoms with van der Waals surface area (Å²) >= 11 is 0. The molecule has 9 heteroatoms. The largest absolute Gasteiger partial charge is 0.493 e. The minimum Gasteiger partial charge on any atom is -0.493 e. The molecule has 0 aromatic heterocycles. The monoisotopic (exact) mass is 651 g/mol. The number of carbonyl (C=O) groups is 3. The third kappa shape index (κ3) is 9.68.